The van der Waals surface area contributed by atoms with Gasteiger partial charge in [0, 0.05) is 19.2 Å². The van der Waals surface area contributed by atoms with Gasteiger partial charge >= 0.3 is 5.69 Å². The molecule has 0 saturated carbocycles. The number of piperidine rings is 1. The first-order chi connectivity index (χ1) is 12.0. The minimum absolute atomic E-state index is 0.0451. The molecule has 8 heteroatoms. The third-order valence-corrected chi connectivity index (χ3v) is 4.60. The standard InChI is InChI=1S/C17H24N2O6/c1-5-11-7-6-8-18(10-11)17(20)12-9-13(23-2)15(24-3)16(25-4)14(12)19(21)22/h9,11H,5-8,10H2,1-4H3/t11-/m1/s1. The number of nitrogens with zero attached hydrogens (tertiary/aromatic N) is 2. The summed E-state index contributed by atoms with van der Waals surface area (Å²) in [6.07, 6.45) is 2.93. The van der Waals surface area contributed by atoms with Crippen molar-refractivity contribution in [2.45, 2.75) is 26.2 Å². The lowest BCUT2D eigenvalue weighted by molar-refractivity contribution is -0.386. The number of likely N-dealkylation sites (tertiary alicyclic amines) is 1. The van der Waals surface area contributed by atoms with E-state index in [-0.39, 0.29) is 28.7 Å². The lowest BCUT2D eigenvalue weighted by Gasteiger charge is -2.32. The van der Waals surface area contributed by atoms with Crippen molar-refractivity contribution in [3.05, 3.63) is 21.7 Å². The van der Waals surface area contributed by atoms with Gasteiger partial charge in [-0.1, -0.05) is 13.3 Å². The maximum Gasteiger partial charge on any atom is 0.327 e. The molecule has 1 aromatic rings. The molecule has 25 heavy (non-hydrogen) atoms. The maximum atomic E-state index is 13.0. The molecule has 138 valence electrons. The van der Waals surface area contributed by atoms with Crippen LogP contribution in [0.3, 0.4) is 0 Å². The number of amides is 1. The Morgan fingerprint density at radius 1 is 1.28 bits per heavy atom. The normalized spacial score (nSPS) is 17.1. The molecule has 0 bridgehead atoms. The number of ether oxygens (including phenoxy) is 3. The lowest BCUT2D eigenvalue weighted by atomic mass is 9.95. The van der Waals surface area contributed by atoms with Crippen molar-refractivity contribution < 1.29 is 23.9 Å². The Balaban J connectivity index is 2.55. The minimum atomic E-state index is -0.616. The van der Waals surface area contributed by atoms with E-state index in [1.54, 1.807) is 4.90 Å². The average molecular weight is 352 g/mol. The first-order valence-electron chi connectivity index (χ1n) is 8.25. The molecule has 1 aromatic carbocycles. The highest BCUT2D eigenvalue weighted by molar-refractivity contribution is 6.00. The summed E-state index contributed by atoms with van der Waals surface area (Å²) in [5, 5.41) is 11.6. The summed E-state index contributed by atoms with van der Waals surface area (Å²) in [5.41, 5.74) is -0.444. The van der Waals surface area contributed by atoms with E-state index in [1.165, 1.54) is 27.4 Å². The van der Waals surface area contributed by atoms with E-state index in [1.807, 2.05) is 0 Å². The van der Waals surface area contributed by atoms with Crippen LogP contribution in [0, 0.1) is 16.0 Å². The Morgan fingerprint density at radius 2 is 1.96 bits per heavy atom. The van der Waals surface area contributed by atoms with Gasteiger partial charge in [-0.3, -0.25) is 14.9 Å². The van der Waals surface area contributed by atoms with E-state index in [0.717, 1.165) is 19.3 Å². The Morgan fingerprint density at radius 3 is 2.48 bits per heavy atom. The third kappa shape index (κ3) is 3.62. The Hall–Kier alpha value is -2.51. The van der Waals surface area contributed by atoms with Crippen LogP contribution in [-0.2, 0) is 0 Å². The molecule has 8 nitrogen and oxygen atoms in total. The summed E-state index contributed by atoms with van der Waals surface area (Å²) in [6, 6.07) is 1.36. The van der Waals surface area contributed by atoms with Gasteiger partial charge < -0.3 is 19.1 Å². The number of methoxy groups -OCH3 is 3. The lowest BCUT2D eigenvalue weighted by Crippen LogP contribution is -2.40. The van der Waals surface area contributed by atoms with Crippen molar-refractivity contribution in [3.63, 3.8) is 0 Å². The molecule has 1 fully saturated rings. The highest BCUT2D eigenvalue weighted by Crippen LogP contribution is 2.46. The van der Waals surface area contributed by atoms with E-state index in [9.17, 15) is 14.9 Å². The van der Waals surface area contributed by atoms with Gasteiger partial charge in [-0.05, 0) is 18.8 Å². The summed E-state index contributed by atoms with van der Waals surface area (Å²) in [6.45, 7) is 3.27. The number of hydrogen-bond donors (Lipinski definition) is 0. The zero-order valence-corrected chi connectivity index (χ0v) is 15.0. The molecule has 0 N–H and O–H groups in total. The number of nitro groups is 1. The maximum absolute atomic E-state index is 13.0. The van der Waals surface area contributed by atoms with Gasteiger partial charge in [-0.2, -0.15) is 0 Å². The van der Waals surface area contributed by atoms with Gasteiger partial charge in [0.2, 0.25) is 11.5 Å². The fourth-order valence-electron chi connectivity index (χ4n) is 3.24. The monoisotopic (exact) mass is 352 g/mol. The summed E-state index contributed by atoms with van der Waals surface area (Å²) in [7, 11) is 4.07. The fraction of sp³-hybridized carbons (Fsp3) is 0.588. The van der Waals surface area contributed by atoms with Crippen molar-refractivity contribution in [1.29, 1.82) is 0 Å². The molecule has 2 rings (SSSR count). The van der Waals surface area contributed by atoms with Crippen molar-refractivity contribution in [2.24, 2.45) is 5.92 Å². The summed E-state index contributed by atoms with van der Waals surface area (Å²) in [4.78, 5) is 25.7. The number of nitro benzene ring substituents is 1. The molecular formula is C17H24N2O6. The molecule has 1 saturated heterocycles. The van der Waals surface area contributed by atoms with Crippen LogP contribution in [0.4, 0.5) is 5.69 Å². The van der Waals surface area contributed by atoms with E-state index in [4.69, 9.17) is 14.2 Å². The van der Waals surface area contributed by atoms with Crippen LogP contribution < -0.4 is 14.2 Å². The summed E-state index contributed by atoms with van der Waals surface area (Å²) >= 11 is 0. The molecule has 0 aromatic heterocycles. The first kappa shape index (κ1) is 18.8. The van der Waals surface area contributed by atoms with Crippen molar-refractivity contribution in [1.82, 2.24) is 4.90 Å². The number of carbonyl (C=O) groups is 1. The fourth-order valence-corrected chi connectivity index (χ4v) is 3.24. The van der Waals surface area contributed by atoms with E-state index in [0.29, 0.717) is 19.0 Å². The Bertz CT molecular complexity index is 661. The van der Waals surface area contributed by atoms with Gasteiger partial charge in [-0.25, -0.2) is 0 Å². The third-order valence-electron chi connectivity index (χ3n) is 4.60. The van der Waals surface area contributed by atoms with Crippen molar-refractivity contribution >= 4 is 11.6 Å². The molecule has 1 aliphatic rings. The van der Waals surface area contributed by atoms with Gasteiger partial charge in [0.1, 0.15) is 5.56 Å². The molecule has 1 heterocycles. The summed E-state index contributed by atoms with van der Waals surface area (Å²) in [5.74, 6) is 0.234. The second-order valence-electron chi connectivity index (χ2n) is 5.97. The Labute approximate surface area is 146 Å². The zero-order chi connectivity index (χ0) is 18.6. The van der Waals surface area contributed by atoms with Gasteiger partial charge in [-0.15, -0.1) is 0 Å². The van der Waals surface area contributed by atoms with E-state index >= 15 is 0 Å². The SMILES string of the molecule is CC[C@@H]1CCCN(C(=O)c2cc(OC)c(OC)c(OC)c2[N+](=O)[O-])C1. The van der Waals surface area contributed by atoms with Crippen LogP contribution in [0.5, 0.6) is 17.2 Å². The summed E-state index contributed by atoms with van der Waals surface area (Å²) < 4.78 is 15.6. The smallest absolute Gasteiger partial charge is 0.327 e. The second-order valence-corrected chi connectivity index (χ2v) is 5.97. The minimum Gasteiger partial charge on any atom is -0.493 e. The van der Waals surface area contributed by atoms with Crippen LogP contribution in [0.15, 0.2) is 6.07 Å². The Kier molecular flexibility index (Phi) is 6.06. The van der Waals surface area contributed by atoms with Crippen LogP contribution in [0.25, 0.3) is 0 Å². The predicted octanol–water partition coefficient (Wildman–Crippen LogP) is 2.88. The topological polar surface area (TPSA) is 91.1 Å². The molecule has 1 atom stereocenters. The second kappa shape index (κ2) is 8.04. The van der Waals surface area contributed by atoms with Crippen LogP contribution in [0.2, 0.25) is 0 Å². The largest absolute Gasteiger partial charge is 0.493 e. The zero-order valence-electron chi connectivity index (χ0n) is 15.0. The molecule has 0 unspecified atom stereocenters. The quantitative estimate of drug-likeness (QED) is 0.577. The van der Waals surface area contributed by atoms with Crippen LogP contribution >= 0.6 is 0 Å². The highest BCUT2D eigenvalue weighted by Gasteiger charge is 2.35. The van der Waals surface area contributed by atoms with E-state index in [2.05, 4.69) is 6.92 Å². The predicted molar refractivity (Wildman–Crippen MR) is 91.7 cm³/mol. The first-order valence-corrected chi connectivity index (χ1v) is 8.25. The number of carbonyl (C=O) groups excluding carboxylic acids is 1. The molecule has 1 aliphatic heterocycles. The van der Waals surface area contributed by atoms with E-state index < -0.39 is 10.6 Å². The molecule has 0 spiro atoms. The van der Waals surface area contributed by atoms with Crippen LogP contribution in [-0.4, -0.2) is 50.1 Å². The highest BCUT2D eigenvalue weighted by atomic mass is 16.6. The molecular weight excluding hydrogens is 328 g/mol. The van der Waals surface area contributed by atoms with Crippen molar-refractivity contribution in [2.75, 3.05) is 34.4 Å². The van der Waals surface area contributed by atoms with Gasteiger partial charge in [0.25, 0.3) is 5.91 Å². The number of hydrogen-bond acceptors (Lipinski definition) is 6. The van der Waals surface area contributed by atoms with Crippen molar-refractivity contribution in [3.8, 4) is 17.2 Å². The molecule has 1 amide bonds. The average Bonchev–Trinajstić information content (AvgIpc) is 2.65. The van der Waals surface area contributed by atoms with Gasteiger partial charge in [0.15, 0.2) is 5.75 Å². The van der Waals surface area contributed by atoms with Crippen LogP contribution in [0.1, 0.15) is 36.5 Å². The number of benzene rings is 1. The molecule has 0 aliphatic carbocycles. The van der Waals surface area contributed by atoms with Gasteiger partial charge in [0.05, 0.1) is 26.3 Å². The number of rotatable bonds is 6. The molecule has 0 radical (unpaired) electrons.